The smallest absolute Gasteiger partial charge is 0.255 e. The molecule has 0 saturated carbocycles. The van der Waals surface area contributed by atoms with Crippen LogP contribution >= 0.6 is 11.6 Å². The van der Waals surface area contributed by atoms with E-state index >= 15 is 0 Å². The van der Waals surface area contributed by atoms with Crippen LogP contribution in [0, 0.1) is 0 Å². The Kier molecular flexibility index (Phi) is 6.65. The molecule has 0 radical (unpaired) electrons. The fourth-order valence-corrected chi connectivity index (χ4v) is 1.84. The molecule has 0 aliphatic carbocycles. The number of alkyl halides is 3. The molecule has 0 aliphatic heterocycles. The molecule has 2 nitrogen and oxygen atoms in total. The second-order valence-corrected chi connectivity index (χ2v) is 4.28. The molecule has 0 aliphatic rings. The van der Waals surface area contributed by atoms with Crippen LogP contribution in [0.25, 0.3) is 0 Å². The highest BCUT2D eigenvalue weighted by molar-refractivity contribution is 6.18. The number of hydrogen-bond acceptors (Lipinski definition) is 1. The van der Waals surface area contributed by atoms with Gasteiger partial charge in [0.25, 0.3) is 6.43 Å². The first-order valence-corrected chi connectivity index (χ1v) is 6.32. The van der Waals surface area contributed by atoms with E-state index < -0.39 is 13.0 Å². The van der Waals surface area contributed by atoms with Crippen molar-refractivity contribution in [3.63, 3.8) is 0 Å². The Morgan fingerprint density at radius 2 is 1.94 bits per heavy atom. The van der Waals surface area contributed by atoms with Crippen molar-refractivity contribution in [3.8, 4) is 0 Å². The second kappa shape index (κ2) is 8.03. The van der Waals surface area contributed by atoms with Crippen molar-refractivity contribution in [1.29, 1.82) is 0 Å². The summed E-state index contributed by atoms with van der Waals surface area (Å²) in [6.45, 7) is -0.375. The van der Waals surface area contributed by atoms with Crippen LogP contribution in [-0.4, -0.2) is 36.2 Å². The van der Waals surface area contributed by atoms with E-state index in [9.17, 15) is 13.6 Å². The van der Waals surface area contributed by atoms with E-state index in [1.807, 2.05) is 30.3 Å². The van der Waals surface area contributed by atoms with Crippen molar-refractivity contribution in [2.24, 2.45) is 0 Å². The van der Waals surface area contributed by atoms with Crippen molar-refractivity contribution >= 4 is 17.5 Å². The third kappa shape index (κ3) is 5.45. The zero-order valence-electron chi connectivity index (χ0n) is 9.99. The maximum absolute atomic E-state index is 12.3. The lowest BCUT2D eigenvalue weighted by Gasteiger charge is -2.21. The van der Waals surface area contributed by atoms with Gasteiger partial charge in [-0.2, -0.15) is 0 Å². The summed E-state index contributed by atoms with van der Waals surface area (Å²) in [5, 5.41) is 0. The number of aryl methyl sites for hydroxylation is 1. The number of halogens is 3. The highest BCUT2D eigenvalue weighted by Crippen LogP contribution is 2.07. The maximum Gasteiger partial charge on any atom is 0.255 e. The van der Waals surface area contributed by atoms with E-state index in [1.54, 1.807) is 0 Å². The van der Waals surface area contributed by atoms with Crippen molar-refractivity contribution < 1.29 is 13.6 Å². The normalized spacial score (nSPS) is 10.7. The average molecular weight is 276 g/mol. The first kappa shape index (κ1) is 14.9. The minimum atomic E-state index is -2.52. The molecule has 0 unspecified atom stereocenters. The van der Waals surface area contributed by atoms with E-state index in [0.717, 1.165) is 10.5 Å². The summed E-state index contributed by atoms with van der Waals surface area (Å²) in [6, 6.07) is 9.48. The van der Waals surface area contributed by atoms with E-state index in [-0.39, 0.29) is 24.8 Å². The molecule has 0 atom stereocenters. The number of nitrogens with zero attached hydrogens (tertiary/aromatic N) is 1. The monoisotopic (exact) mass is 275 g/mol. The summed E-state index contributed by atoms with van der Waals surface area (Å²) in [6.07, 6.45) is -1.73. The van der Waals surface area contributed by atoms with Gasteiger partial charge in [-0.1, -0.05) is 30.3 Å². The molecule has 0 heterocycles. The first-order chi connectivity index (χ1) is 8.63. The third-order valence-corrected chi connectivity index (χ3v) is 2.70. The van der Waals surface area contributed by atoms with E-state index in [2.05, 4.69) is 0 Å². The van der Waals surface area contributed by atoms with Crippen LogP contribution in [0.4, 0.5) is 8.78 Å². The zero-order chi connectivity index (χ0) is 13.4. The van der Waals surface area contributed by atoms with Gasteiger partial charge in [0.15, 0.2) is 0 Å². The van der Waals surface area contributed by atoms with Crippen LogP contribution in [0.3, 0.4) is 0 Å². The molecule has 1 aromatic carbocycles. The van der Waals surface area contributed by atoms with Gasteiger partial charge in [0.05, 0.1) is 6.54 Å². The van der Waals surface area contributed by atoms with Gasteiger partial charge < -0.3 is 4.90 Å². The van der Waals surface area contributed by atoms with E-state index in [4.69, 9.17) is 11.6 Å². The molecule has 0 spiro atoms. The minimum Gasteiger partial charge on any atom is -0.336 e. The number of amides is 1. The van der Waals surface area contributed by atoms with Crippen LogP contribution < -0.4 is 0 Å². The number of rotatable bonds is 7. The van der Waals surface area contributed by atoms with Gasteiger partial charge in [0.2, 0.25) is 5.91 Å². The molecule has 100 valence electrons. The van der Waals surface area contributed by atoms with Crippen LogP contribution in [0.1, 0.15) is 12.0 Å². The molecule has 18 heavy (non-hydrogen) atoms. The zero-order valence-corrected chi connectivity index (χ0v) is 10.7. The molecule has 5 heteroatoms. The Hall–Kier alpha value is -1.16. The van der Waals surface area contributed by atoms with Crippen molar-refractivity contribution in [1.82, 2.24) is 4.90 Å². The van der Waals surface area contributed by atoms with E-state index in [0.29, 0.717) is 6.42 Å². The fraction of sp³-hybridized carbons (Fsp3) is 0.462. The Morgan fingerprint density at radius 1 is 1.28 bits per heavy atom. The second-order valence-electron chi connectivity index (χ2n) is 3.91. The molecule has 0 fully saturated rings. The van der Waals surface area contributed by atoms with Crippen LogP contribution in [-0.2, 0) is 11.2 Å². The highest BCUT2D eigenvalue weighted by atomic mass is 35.5. The Morgan fingerprint density at radius 3 is 2.50 bits per heavy atom. The largest absolute Gasteiger partial charge is 0.336 e. The number of carbonyl (C=O) groups excluding carboxylic acids is 1. The van der Waals surface area contributed by atoms with Crippen molar-refractivity contribution in [2.75, 3.05) is 19.0 Å². The number of hydrogen-bond donors (Lipinski definition) is 0. The number of benzene rings is 1. The summed E-state index contributed by atoms with van der Waals surface area (Å²) in [7, 11) is 0. The van der Waals surface area contributed by atoms with Gasteiger partial charge in [0, 0.05) is 18.8 Å². The summed E-state index contributed by atoms with van der Waals surface area (Å²) in [5.41, 5.74) is 1.02. The summed E-state index contributed by atoms with van der Waals surface area (Å²) >= 11 is 5.50. The Balaban J connectivity index is 2.46. The van der Waals surface area contributed by atoms with E-state index in [1.165, 1.54) is 0 Å². The van der Waals surface area contributed by atoms with Crippen LogP contribution in [0.2, 0.25) is 0 Å². The van der Waals surface area contributed by atoms with Gasteiger partial charge in [-0.15, -0.1) is 11.6 Å². The van der Waals surface area contributed by atoms with Gasteiger partial charge in [-0.05, 0) is 12.0 Å². The quantitative estimate of drug-likeness (QED) is 0.701. The highest BCUT2D eigenvalue weighted by Gasteiger charge is 2.17. The topological polar surface area (TPSA) is 20.3 Å². The molecule has 0 aromatic heterocycles. The standard InChI is InChI=1S/C13H16ClF2NO/c14-8-9-17(10-12(15)16)13(18)7-6-11-4-2-1-3-5-11/h1-5,12H,6-10H2. The lowest BCUT2D eigenvalue weighted by Crippen LogP contribution is -2.36. The summed E-state index contributed by atoms with van der Waals surface area (Å²) in [5.74, 6) is -0.108. The van der Waals surface area contributed by atoms with Gasteiger partial charge >= 0.3 is 0 Å². The maximum atomic E-state index is 12.3. The molecule has 1 amide bonds. The predicted molar refractivity (Wildman–Crippen MR) is 68.1 cm³/mol. The number of carbonyl (C=O) groups is 1. The molecule has 0 bridgehead atoms. The Bertz CT molecular complexity index is 359. The molecular weight excluding hydrogens is 260 g/mol. The molecule has 0 N–H and O–H groups in total. The third-order valence-electron chi connectivity index (χ3n) is 2.54. The first-order valence-electron chi connectivity index (χ1n) is 5.79. The summed E-state index contributed by atoms with van der Waals surface area (Å²) < 4.78 is 24.6. The molecule has 1 aromatic rings. The fourth-order valence-electron chi connectivity index (χ4n) is 1.64. The van der Waals surface area contributed by atoms with Crippen LogP contribution in [0.5, 0.6) is 0 Å². The molecule has 1 rings (SSSR count). The van der Waals surface area contributed by atoms with Crippen molar-refractivity contribution in [3.05, 3.63) is 35.9 Å². The Labute approximate surface area is 111 Å². The van der Waals surface area contributed by atoms with Gasteiger partial charge in [0.1, 0.15) is 0 Å². The SMILES string of the molecule is O=C(CCc1ccccc1)N(CCCl)CC(F)F. The summed E-state index contributed by atoms with van der Waals surface area (Å²) in [4.78, 5) is 12.9. The lowest BCUT2D eigenvalue weighted by atomic mass is 10.1. The van der Waals surface area contributed by atoms with Gasteiger partial charge in [-0.3, -0.25) is 4.79 Å². The molecule has 0 saturated heterocycles. The van der Waals surface area contributed by atoms with Crippen molar-refractivity contribution in [2.45, 2.75) is 19.3 Å². The lowest BCUT2D eigenvalue weighted by molar-refractivity contribution is -0.132. The minimum absolute atomic E-state index is 0.166. The van der Waals surface area contributed by atoms with Crippen LogP contribution in [0.15, 0.2) is 30.3 Å². The average Bonchev–Trinajstić information content (AvgIpc) is 2.36. The van der Waals surface area contributed by atoms with Gasteiger partial charge in [-0.25, -0.2) is 8.78 Å². The molecular formula is C13H16ClF2NO. The predicted octanol–water partition coefficient (Wildman–Crippen LogP) is 2.95.